The van der Waals surface area contributed by atoms with Gasteiger partial charge in [-0.2, -0.15) is 13.2 Å². The molecule has 0 unspecified atom stereocenters. The van der Waals surface area contributed by atoms with Gasteiger partial charge in [0.25, 0.3) is 0 Å². The van der Waals surface area contributed by atoms with Gasteiger partial charge in [0.1, 0.15) is 6.54 Å². The Morgan fingerprint density at radius 2 is 1.95 bits per heavy atom. The van der Waals surface area contributed by atoms with Crippen LogP contribution in [0.5, 0.6) is 0 Å². The van der Waals surface area contributed by atoms with Crippen LogP contribution in [-0.4, -0.2) is 42.5 Å². The minimum Gasteiger partial charge on any atom is -0.395 e. The van der Waals surface area contributed by atoms with E-state index in [0.717, 1.165) is 0 Å². The van der Waals surface area contributed by atoms with Crippen LogP contribution < -0.4 is 10.2 Å². The molecular formula is C12H16F5N3O. The largest absolute Gasteiger partial charge is 0.405 e. The van der Waals surface area contributed by atoms with E-state index < -0.39 is 43.3 Å². The molecular weight excluding hydrogens is 297 g/mol. The second-order valence-electron chi connectivity index (χ2n) is 4.31. The van der Waals surface area contributed by atoms with Crippen LogP contribution in [-0.2, 0) is 0 Å². The Balaban J connectivity index is 3.11. The zero-order valence-electron chi connectivity index (χ0n) is 11.3. The highest BCUT2D eigenvalue weighted by molar-refractivity contribution is 5.49. The normalized spacial score (nSPS) is 11.6. The summed E-state index contributed by atoms with van der Waals surface area (Å²) in [5.41, 5.74) is 0. The predicted molar refractivity (Wildman–Crippen MR) is 68.3 cm³/mol. The van der Waals surface area contributed by atoms with Crippen LogP contribution in [0.3, 0.4) is 0 Å². The van der Waals surface area contributed by atoms with E-state index in [-0.39, 0.29) is 5.82 Å². The Hall–Kier alpha value is -1.64. The molecule has 1 heterocycles. The van der Waals surface area contributed by atoms with Crippen LogP contribution in [0.4, 0.5) is 33.6 Å². The monoisotopic (exact) mass is 313 g/mol. The second kappa shape index (κ2) is 7.39. The van der Waals surface area contributed by atoms with Gasteiger partial charge in [0.2, 0.25) is 0 Å². The van der Waals surface area contributed by atoms with E-state index in [0.29, 0.717) is 23.9 Å². The molecule has 0 saturated heterocycles. The van der Waals surface area contributed by atoms with Crippen molar-refractivity contribution in [2.24, 2.45) is 0 Å². The van der Waals surface area contributed by atoms with Gasteiger partial charge in [-0.05, 0) is 6.42 Å². The standard InChI is InChI=1S/C12H16F5N3O/c1-2-3-18-10-8(13)6-9(14)11(19-10)20(4-5-21)7-12(15,16)17/h6,21H,2-5,7H2,1H3,(H,18,19). The SMILES string of the molecule is CCCNc1nc(N(CCO)CC(F)(F)F)c(F)cc1F. The number of nitrogens with zero attached hydrogens (tertiary/aromatic N) is 2. The topological polar surface area (TPSA) is 48.4 Å². The van der Waals surface area contributed by atoms with Crippen molar-refractivity contribution in [3.05, 3.63) is 17.7 Å². The molecule has 9 heteroatoms. The van der Waals surface area contributed by atoms with Crippen LogP contribution in [0.15, 0.2) is 6.07 Å². The molecule has 0 aromatic carbocycles. The highest BCUT2D eigenvalue weighted by Gasteiger charge is 2.32. The molecule has 0 aliphatic rings. The Kier molecular flexibility index (Phi) is 6.13. The lowest BCUT2D eigenvalue weighted by molar-refractivity contribution is -0.120. The van der Waals surface area contributed by atoms with E-state index in [1.54, 1.807) is 6.92 Å². The number of aliphatic hydroxyl groups excluding tert-OH is 1. The predicted octanol–water partition coefficient (Wildman–Crippen LogP) is 2.54. The molecule has 0 atom stereocenters. The third-order valence-corrected chi connectivity index (χ3v) is 2.49. The van der Waals surface area contributed by atoms with Crippen molar-refractivity contribution in [2.45, 2.75) is 19.5 Å². The van der Waals surface area contributed by atoms with Crippen molar-refractivity contribution in [1.82, 2.24) is 4.98 Å². The molecule has 0 saturated carbocycles. The Morgan fingerprint density at radius 1 is 1.29 bits per heavy atom. The fourth-order valence-electron chi connectivity index (χ4n) is 1.64. The number of pyridine rings is 1. The summed E-state index contributed by atoms with van der Waals surface area (Å²) in [6.45, 7) is -0.434. The number of anilines is 2. The molecule has 1 aromatic rings. The Bertz CT molecular complexity index is 467. The van der Waals surface area contributed by atoms with Crippen molar-refractivity contribution in [1.29, 1.82) is 0 Å². The minimum atomic E-state index is -4.60. The number of alkyl halides is 3. The maximum Gasteiger partial charge on any atom is 0.405 e. The number of halogens is 5. The smallest absolute Gasteiger partial charge is 0.395 e. The molecule has 0 spiro atoms. The number of aliphatic hydroxyl groups is 1. The van der Waals surface area contributed by atoms with Crippen LogP contribution in [0.2, 0.25) is 0 Å². The van der Waals surface area contributed by atoms with E-state index in [9.17, 15) is 22.0 Å². The second-order valence-corrected chi connectivity index (χ2v) is 4.31. The molecule has 0 fully saturated rings. The lowest BCUT2D eigenvalue weighted by atomic mass is 10.3. The lowest BCUT2D eigenvalue weighted by Crippen LogP contribution is -2.37. The zero-order chi connectivity index (χ0) is 16.0. The summed E-state index contributed by atoms with van der Waals surface area (Å²) >= 11 is 0. The molecule has 0 aliphatic heterocycles. The summed E-state index contributed by atoms with van der Waals surface area (Å²) in [6, 6.07) is 0.473. The average Bonchev–Trinajstić information content (AvgIpc) is 2.36. The van der Waals surface area contributed by atoms with Crippen molar-refractivity contribution in [2.75, 3.05) is 36.5 Å². The van der Waals surface area contributed by atoms with E-state index in [2.05, 4.69) is 10.3 Å². The van der Waals surface area contributed by atoms with Crippen molar-refractivity contribution < 1.29 is 27.1 Å². The molecule has 2 N–H and O–H groups in total. The van der Waals surface area contributed by atoms with E-state index in [1.807, 2.05) is 0 Å². The van der Waals surface area contributed by atoms with Gasteiger partial charge in [-0.15, -0.1) is 0 Å². The van der Waals surface area contributed by atoms with Gasteiger partial charge in [-0.3, -0.25) is 0 Å². The summed E-state index contributed by atoms with van der Waals surface area (Å²) in [7, 11) is 0. The number of hydrogen-bond acceptors (Lipinski definition) is 4. The van der Waals surface area contributed by atoms with Gasteiger partial charge in [0.05, 0.1) is 6.61 Å². The fraction of sp³-hybridized carbons (Fsp3) is 0.583. The van der Waals surface area contributed by atoms with Gasteiger partial charge >= 0.3 is 6.18 Å². The third-order valence-electron chi connectivity index (χ3n) is 2.49. The van der Waals surface area contributed by atoms with Crippen molar-refractivity contribution in [3.8, 4) is 0 Å². The van der Waals surface area contributed by atoms with Gasteiger partial charge < -0.3 is 15.3 Å². The van der Waals surface area contributed by atoms with Gasteiger partial charge in [0, 0.05) is 19.2 Å². The van der Waals surface area contributed by atoms with Gasteiger partial charge in [-0.25, -0.2) is 13.8 Å². The van der Waals surface area contributed by atoms with E-state index >= 15 is 0 Å². The molecule has 21 heavy (non-hydrogen) atoms. The first-order valence-corrected chi connectivity index (χ1v) is 6.31. The molecule has 1 aromatic heterocycles. The molecule has 0 bridgehead atoms. The van der Waals surface area contributed by atoms with Gasteiger partial charge in [-0.1, -0.05) is 6.92 Å². The molecule has 0 radical (unpaired) electrons. The lowest BCUT2D eigenvalue weighted by Gasteiger charge is -2.25. The van der Waals surface area contributed by atoms with Crippen LogP contribution in [0.1, 0.15) is 13.3 Å². The van der Waals surface area contributed by atoms with Crippen LogP contribution >= 0.6 is 0 Å². The van der Waals surface area contributed by atoms with Crippen LogP contribution in [0.25, 0.3) is 0 Å². The number of nitrogens with one attached hydrogen (secondary N) is 1. The summed E-state index contributed by atoms with van der Waals surface area (Å²) in [5, 5.41) is 11.4. The van der Waals surface area contributed by atoms with Gasteiger partial charge in [0.15, 0.2) is 23.3 Å². The van der Waals surface area contributed by atoms with Crippen molar-refractivity contribution >= 4 is 11.6 Å². The Morgan fingerprint density at radius 3 is 2.48 bits per heavy atom. The Labute approximate surface area is 118 Å². The highest BCUT2D eigenvalue weighted by Crippen LogP contribution is 2.25. The minimum absolute atomic E-state index is 0.321. The first-order valence-electron chi connectivity index (χ1n) is 6.31. The average molecular weight is 313 g/mol. The van der Waals surface area contributed by atoms with Crippen LogP contribution in [0, 0.1) is 11.6 Å². The number of aromatic nitrogens is 1. The molecule has 0 amide bonds. The summed E-state index contributed by atoms with van der Waals surface area (Å²) in [5.74, 6) is -3.17. The van der Waals surface area contributed by atoms with E-state index in [1.165, 1.54) is 0 Å². The van der Waals surface area contributed by atoms with Crippen molar-refractivity contribution in [3.63, 3.8) is 0 Å². The van der Waals surface area contributed by atoms with E-state index in [4.69, 9.17) is 5.11 Å². The molecule has 0 aliphatic carbocycles. The maximum absolute atomic E-state index is 13.7. The summed E-state index contributed by atoms with van der Waals surface area (Å²) < 4.78 is 64.6. The number of rotatable bonds is 7. The first kappa shape index (κ1) is 17.4. The number of hydrogen-bond donors (Lipinski definition) is 2. The quantitative estimate of drug-likeness (QED) is 0.760. The fourth-order valence-corrected chi connectivity index (χ4v) is 1.64. The zero-order valence-corrected chi connectivity index (χ0v) is 11.3. The maximum atomic E-state index is 13.7. The summed E-state index contributed by atoms with van der Waals surface area (Å²) in [4.78, 5) is 4.09. The molecule has 1 rings (SSSR count). The summed E-state index contributed by atoms with van der Waals surface area (Å²) in [6.07, 6.45) is -3.97. The molecule has 4 nitrogen and oxygen atoms in total. The first-order chi connectivity index (χ1) is 9.78. The third kappa shape index (κ3) is 5.33. The molecule has 120 valence electrons. The highest BCUT2D eigenvalue weighted by atomic mass is 19.4.